The number of H-pyrrole nitrogens is 1. The van der Waals surface area contributed by atoms with Crippen molar-refractivity contribution in [3.63, 3.8) is 0 Å². The summed E-state index contributed by atoms with van der Waals surface area (Å²) in [6, 6.07) is 5.90. The van der Waals surface area contributed by atoms with Crippen LogP contribution in [0.5, 0.6) is 0 Å². The highest BCUT2D eigenvalue weighted by Gasteiger charge is 2.63. The maximum Gasteiger partial charge on any atom is 0.435 e. The summed E-state index contributed by atoms with van der Waals surface area (Å²) in [5.41, 5.74) is -1.77. The SMILES string of the molecule is COCc1nc2nc([C@H](Cc3cc(F)cc(F)c3)NC(=O)Cn3nc(C(F)(F)F)c4c3C(F)(F)[C@@H]3CC[C@H]43)c(-c3ccc(Cl)c4c(NS(C)(=O)=O)nn(C)c34)cc2[nH]1. The number of amides is 1. The molecule has 3 atom stereocenters. The molecule has 4 aromatic heterocycles. The quantitative estimate of drug-likeness (QED) is 0.119. The lowest BCUT2D eigenvalue weighted by Crippen LogP contribution is -2.36. The first-order valence-electron chi connectivity index (χ1n) is 17.6. The van der Waals surface area contributed by atoms with Gasteiger partial charge < -0.3 is 15.0 Å². The number of rotatable bonds is 11. The van der Waals surface area contributed by atoms with E-state index in [1.807, 2.05) is 0 Å². The van der Waals surface area contributed by atoms with Crippen molar-refractivity contribution in [1.82, 2.24) is 39.8 Å². The number of imidazole rings is 1. The van der Waals surface area contributed by atoms with Gasteiger partial charge in [-0.15, -0.1) is 0 Å². The van der Waals surface area contributed by atoms with Gasteiger partial charge in [-0.3, -0.25) is 18.9 Å². The molecule has 2 aromatic carbocycles. The molecule has 22 heteroatoms. The number of aromatic nitrogens is 7. The van der Waals surface area contributed by atoms with E-state index in [0.29, 0.717) is 27.7 Å². The Hall–Kier alpha value is -5.28. The number of nitrogens with zero attached hydrogens (tertiary/aromatic N) is 6. The Balaban J connectivity index is 1.29. The van der Waals surface area contributed by atoms with Crippen LogP contribution in [0.2, 0.25) is 5.02 Å². The first kappa shape index (κ1) is 39.5. The van der Waals surface area contributed by atoms with E-state index < -0.39 is 81.0 Å². The minimum Gasteiger partial charge on any atom is -0.377 e. The van der Waals surface area contributed by atoms with Gasteiger partial charge in [-0.1, -0.05) is 17.7 Å². The molecule has 0 aliphatic heterocycles. The number of aryl methyl sites for hydroxylation is 1. The molecule has 1 fully saturated rings. The second-order valence-electron chi connectivity index (χ2n) is 14.4. The summed E-state index contributed by atoms with van der Waals surface area (Å²) in [5.74, 6) is -8.88. The molecular weight excluding hydrogens is 823 g/mol. The van der Waals surface area contributed by atoms with Crippen LogP contribution < -0.4 is 10.0 Å². The molecule has 13 nitrogen and oxygen atoms in total. The summed E-state index contributed by atoms with van der Waals surface area (Å²) < 4.78 is 137. The van der Waals surface area contributed by atoms with Crippen LogP contribution in [-0.4, -0.2) is 62.2 Å². The second-order valence-corrected chi connectivity index (χ2v) is 16.5. The molecule has 0 saturated heterocycles. The van der Waals surface area contributed by atoms with Gasteiger partial charge in [0.15, 0.2) is 17.2 Å². The van der Waals surface area contributed by atoms with Crippen LogP contribution in [0.1, 0.15) is 58.8 Å². The van der Waals surface area contributed by atoms with Gasteiger partial charge in [-0.25, -0.2) is 27.2 Å². The van der Waals surface area contributed by atoms with Crippen molar-refractivity contribution in [3.8, 4) is 11.1 Å². The number of pyridine rings is 1. The van der Waals surface area contributed by atoms with Crippen molar-refractivity contribution in [2.45, 2.75) is 56.5 Å². The number of nitrogens with one attached hydrogen (secondary N) is 3. The van der Waals surface area contributed by atoms with Crippen molar-refractivity contribution in [3.05, 3.63) is 87.1 Å². The van der Waals surface area contributed by atoms with Gasteiger partial charge in [0.2, 0.25) is 15.9 Å². The fourth-order valence-corrected chi connectivity index (χ4v) is 8.78. The minimum absolute atomic E-state index is 0.00123. The molecular formula is C36H31ClF7N9O4S. The second kappa shape index (κ2) is 13.9. The standard InChI is InChI=1S/C36H31ClF7N9O4S/c1-52-30-18(5-7-22(37)28(30)34(50-52)51-58(3,55)56)20-12-24-33(47-25(45-24)14-57-2)48-29(20)23(10-15-8-16(38)11-17(39)9-15)46-26(54)13-53-32-27(31(49-53)36(42,43)44)19-4-6-21(19)35(32,40)41/h5,7-9,11-12,19,21,23H,4,6,10,13-14H2,1-3H3,(H,46,54)(H,50,51)(H,45,47,48)/t19-,21+,23-/m0/s1. The number of ether oxygens (including phenoxy) is 1. The summed E-state index contributed by atoms with van der Waals surface area (Å²) in [7, 11) is -0.901. The van der Waals surface area contributed by atoms with Gasteiger partial charge in [-0.05, 0) is 55.0 Å². The largest absolute Gasteiger partial charge is 0.435 e. The Labute approximate surface area is 329 Å². The Bertz CT molecular complexity index is 2750. The molecule has 0 bridgehead atoms. The number of methoxy groups -OCH3 is 1. The number of hydrogen-bond acceptors (Lipinski definition) is 8. The smallest absolute Gasteiger partial charge is 0.377 e. The zero-order valence-corrected chi connectivity index (χ0v) is 32.1. The van der Waals surface area contributed by atoms with Crippen LogP contribution >= 0.6 is 11.6 Å². The number of anilines is 1. The maximum absolute atomic E-state index is 15.6. The van der Waals surface area contributed by atoms with Crippen molar-refractivity contribution in [2.24, 2.45) is 13.0 Å². The molecule has 2 aliphatic rings. The lowest BCUT2D eigenvalue weighted by atomic mass is 9.73. The Morgan fingerprint density at radius 2 is 1.81 bits per heavy atom. The topological polar surface area (TPSA) is 162 Å². The molecule has 1 saturated carbocycles. The van der Waals surface area contributed by atoms with Crippen molar-refractivity contribution >= 4 is 55.4 Å². The number of alkyl halides is 5. The Morgan fingerprint density at radius 3 is 2.45 bits per heavy atom. The van der Waals surface area contributed by atoms with Gasteiger partial charge in [0.25, 0.3) is 5.92 Å². The first-order valence-corrected chi connectivity index (χ1v) is 19.8. The highest BCUT2D eigenvalue weighted by Crippen LogP contribution is 2.64. The fraction of sp³-hybridized carbons (Fsp3) is 0.361. The molecule has 6 aromatic rings. The number of hydrogen-bond donors (Lipinski definition) is 3. The van der Waals surface area contributed by atoms with Crippen LogP contribution in [0, 0.1) is 17.6 Å². The van der Waals surface area contributed by atoms with Gasteiger partial charge in [0.1, 0.15) is 36.3 Å². The van der Waals surface area contributed by atoms with Crippen LogP contribution in [0.3, 0.4) is 0 Å². The molecule has 306 valence electrons. The van der Waals surface area contributed by atoms with E-state index in [1.54, 1.807) is 12.1 Å². The number of carbonyl (C=O) groups is 1. The van der Waals surface area contributed by atoms with E-state index in [-0.39, 0.29) is 70.1 Å². The van der Waals surface area contributed by atoms with E-state index >= 15 is 8.78 Å². The lowest BCUT2D eigenvalue weighted by Gasteiger charge is -2.34. The zero-order valence-electron chi connectivity index (χ0n) is 30.5. The number of carbonyl (C=O) groups excluding carboxylic acids is 1. The van der Waals surface area contributed by atoms with Crippen LogP contribution in [0.4, 0.5) is 36.6 Å². The molecule has 58 heavy (non-hydrogen) atoms. The molecule has 0 unspecified atom stereocenters. The maximum atomic E-state index is 15.6. The fourth-order valence-electron chi connectivity index (χ4n) is 8.05. The van der Waals surface area contributed by atoms with Gasteiger partial charge >= 0.3 is 6.18 Å². The van der Waals surface area contributed by atoms with Crippen LogP contribution in [0.25, 0.3) is 33.2 Å². The highest BCUT2D eigenvalue weighted by atomic mass is 35.5. The third-order valence-electron chi connectivity index (χ3n) is 10.3. The summed E-state index contributed by atoms with van der Waals surface area (Å²) in [4.78, 5) is 26.3. The summed E-state index contributed by atoms with van der Waals surface area (Å²) in [6.07, 6.45) is -4.43. The summed E-state index contributed by atoms with van der Waals surface area (Å²) in [6.45, 7) is -1.05. The van der Waals surface area contributed by atoms with Crippen molar-refractivity contribution in [1.29, 1.82) is 0 Å². The Morgan fingerprint density at radius 1 is 1.09 bits per heavy atom. The van der Waals surface area contributed by atoms with Crippen molar-refractivity contribution in [2.75, 3.05) is 18.1 Å². The molecule has 0 radical (unpaired) electrons. The monoisotopic (exact) mass is 853 g/mol. The average molecular weight is 854 g/mol. The average Bonchev–Trinajstić information content (AvgIpc) is 3.78. The zero-order chi connectivity index (χ0) is 41.6. The minimum atomic E-state index is -5.08. The highest BCUT2D eigenvalue weighted by molar-refractivity contribution is 7.92. The number of benzene rings is 2. The van der Waals surface area contributed by atoms with E-state index in [2.05, 4.69) is 30.2 Å². The third kappa shape index (κ3) is 6.91. The van der Waals surface area contributed by atoms with Gasteiger partial charge in [0.05, 0.1) is 39.4 Å². The van der Waals surface area contributed by atoms with E-state index in [0.717, 1.165) is 18.4 Å². The predicted molar refractivity (Wildman–Crippen MR) is 195 cm³/mol. The molecule has 3 N–H and O–H groups in total. The first-order chi connectivity index (χ1) is 27.2. The molecule has 4 heterocycles. The molecule has 1 amide bonds. The van der Waals surface area contributed by atoms with E-state index in [9.17, 15) is 35.2 Å². The number of halogens is 8. The number of aromatic amines is 1. The third-order valence-corrected chi connectivity index (χ3v) is 11.2. The molecule has 0 spiro atoms. The molecule has 8 rings (SSSR count). The van der Waals surface area contributed by atoms with Gasteiger partial charge in [0, 0.05) is 42.8 Å². The summed E-state index contributed by atoms with van der Waals surface area (Å²) >= 11 is 6.60. The normalized spacial score (nSPS) is 18.0. The lowest BCUT2D eigenvalue weighted by molar-refractivity contribution is -0.144. The summed E-state index contributed by atoms with van der Waals surface area (Å²) in [5, 5.41) is 10.8. The van der Waals surface area contributed by atoms with Crippen molar-refractivity contribution < 1.29 is 48.7 Å². The van der Waals surface area contributed by atoms with E-state index in [1.165, 1.54) is 24.9 Å². The van der Waals surface area contributed by atoms with Gasteiger partial charge in [-0.2, -0.15) is 32.1 Å². The molecule has 2 aliphatic carbocycles. The predicted octanol–water partition coefficient (Wildman–Crippen LogP) is 6.88. The van der Waals surface area contributed by atoms with Crippen LogP contribution in [0.15, 0.2) is 36.4 Å². The van der Waals surface area contributed by atoms with Crippen LogP contribution in [-0.2, 0) is 58.3 Å². The Kier molecular flexibility index (Phi) is 9.50. The van der Waals surface area contributed by atoms with E-state index in [4.69, 9.17) is 21.3 Å². The number of sulfonamides is 1. The number of fused-ring (bicyclic) bond motifs is 5.